The van der Waals surface area contributed by atoms with Crippen LogP contribution < -0.4 is 10.6 Å². The second kappa shape index (κ2) is 11.3. The van der Waals surface area contributed by atoms with Crippen molar-refractivity contribution in [2.24, 2.45) is 0 Å². The molecular formula is C13H28N2O4. The van der Waals surface area contributed by atoms with Crippen LogP contribution in [-0.2, 0) is 4.74 Å². The van der Waals surface area contributed by atoms with E-state index in [-0.39, 0.29) is 13.2 Å². The Morgan fingerprint density at radius 3 is 2.58 bits per heavy atom. The minimum atomic E-state index is -0.574. The zero-order valence-corrected chi connectivity index (χ0v) is 11.9. The number of aliphatic hydroxyl groups is 3. The van der Waals surface area contributed by atoms with Crippen molar-refractivity contribution < 1.29 is 20.1 Å². The number of nitrogens with one attached hydrogen (secondary N) is 2. The van der Waals surface area contributed by atoms with E-state index >= 15 is 0 Å². The highest BCUT2D eigenvalue weighted by molar-refractivity contribution is 4.82. The lowest BCUT2D eigenvalue weighted by Crippen LogP contribution is -2.37. The van der Waals surface area contributed by atoms with Gasteiger partial charge in [0.25, 0.3) is 0 Å². The molecule has 0 aromatic carbocycles. The Balaban J connectivity index is 3.39. The van der Waals surface area contributed by atoms with E-state index in [1.165, 1.54) is 0 Å². The van der Waals surface area contributed by atoms with Gasteiger partial charge in [0.05, 0.1) is 25.4 Å². The predicted molar refractivity (Wildman–Crippen MR) is 74.8 cm³/mol. The molecule has 0 aliphatic heterocycles. The highest BCUT2D eigenvalue weighted by atomic mass is 16.5. The van der Waals surface area contributed by atoms with Crippen LogP contribution in [0.2, 0.25) is 0 Å². The Bertz CT molecular complexity index is 235. The molecule has 0 aliphatic rings. The van der Waals surface area contributed by atoms with Crippen molar-refractivity contribution in [1.82, 2.24) is 10.6 Å². The molecule has 0 saturated heterocycles. The molecule has 0 aromatic rings. The van der Waals surface area contributed by atoms with Gasteiger partial charge in [-0.2, -0.15) is 0 Å². The number of hydrogen-bond acceptors (Lipinski definition) is 6. The molecule has 6 heteroatoms. The zero-order valence-electron chi connectivity index (χ0n) is 11.9. The van der Waals surface area contributed by atoms with Crippen LogP contribution in [0.3, 0.4) is 0 Å². The summed E-state index contributed by atoms with van der Waals surface area (Å²) in [5.74, 6) is 0. The van der Waals surface area contributed by atoms with Crippen molar-refractivity contribution in [2.75, 3.05) is 39.5 Å². The summed E-state index contributed by atoms with van der Waals surface area (Å²) in [6.45, 7) is 6.00. The van der Waals surface area contributed by atoms with Crippen molar-refractivity contribution in [2.45, 2.75) is 32.1 Å². The molecule has 0 heterocycles. The monoisotopic (exact) mass is 276 g/mol. The summed E-state index contributed by atoms with van der Waals surface area (Å²) in [6, 6.07) is 0. The van der Waals surface area contributed by atoms with Crippen molar-refractivity contribution in [3.63, 3.8) is 0 Å². The first-order valence-corrected chi connectivity index (χ1v) is 6.64. The third-order valence-corrected chi connectivity index (χ3v) is 2.48. The molecule has 0 saturated carbocycles. The molecule has 0 bridgehead atoms. The molecule has 0 radical (unpaired) electrons. The van der Waals surface area contributed by atoms with Gasteiger partial charge in [0.15, 0.2) is 0 Å². The molecule has 1 unspecified atom stereocenters. The van der Waals surface area contributed by atoms with Crippen molar-refractivity contribution in [3.8, 4) is 0 Å². The largest absolute Gasteiger partial charge is 0.393 e. The van der Waals surface area contributed by atoms with Gasteiger partial charge < -0.3 is 25.4 Å². The van der Waals surface area contributed by atoms with E-state index < -0.39 is 11.8 Å². The van der Waals surface area contributed by atoms with Crippen LogP contribution >= 0.6 is 0 Å². The maximum atomic E-state index is 9.62. The minimum absolute atomic E-state index is 0.0270. The lowest BCUT2D eigenvalue weighted by atomic mass is 10.1. The van der Waals surface area contributed by atoms with Gasteiger partial charge in [-0.1, -0.05) is 12.2 Å². The van der Waals surface area contributed by atoms with Crippen LogP contribution in [-0.4, -0.2) is 66.6 Å². The van der Waals surface area contributed by atoms with Gasteiger partial charge >= 0.3 is 0 Å². The summed E-state index contributed by atoms with van der Waals surface area (Å²) in [5.41, 5.74) is -0.534. The Hall–Kier alpha value is -0.500. The van der Waals surface area contributed by atoms with E-state index in [0.29, 0.717) is 32.7 Å². The van der Waals surface area contributed by atoms with E-state index in [0.717, 1.165) is 0 Å². The second-order valence-corrected chi connectivity index (χ2v) is 4.88. The maximum absolute atomic E-state index is 9.62. The lowest BCUT2D eigenvalue weighted by Gasteiger charge is -2.23. The summed E-state index contributed by atoms with van der Waals surface area (Å²) in [6.07, 6.45) is 3.53. The Labute approximate surface area is 115 Å². The highest BCUT2D eigenvalue weighted by Gasteiger charge is 2.16. The second-order valence-electron chi connectivity index (χ2n) is 4.88. The molecule has 0 aromatic heterocycles. The quantitative estimate of drug-likeness (QED) is 0.182. The van der Waals surface area contributed by atoms with Gasteiger partial charge in [0.1, 0.15) is 6.23 Å². The van der Waals surface area contributed by atoms with Gasteiger partial charge in [0, 0.05) is 13.1 Å². The van der Waals surface area contributed by atoms with Crippen LogP contribution in [0.15, 0.2) is 12.2 Å². The van der Waals surface area contributed by atoms with Gasteiger partial charge in [-0.15, -0.1) is 0 Å². The molecule has 6 nitrogen and oxygen atoms in total. The Kier molecular flexibility index (Phi) is 11.0. The van der Waals surface area contributed by atoms with Gasteiger partial charge in [-0.3, -0.25) is 5.32 Å². The molecule has 114 valence electrons. The molecule has 19 heavy (non-hydrogen) atoms. The Morgan fingerprint density at radius 1 is 1.21 bits per heavy atom. The fraction of sp³-hybridized carbons (Fsp3) is 0.846. The minimum Gasteiger partial charge on any atom is -0.393 e. The molecule has 0 rings (SSSR count). The van der Waals surface area contributed by atoms with E-state index in [9.17, 15) is 5.11 Å². The first-order chi connectivity index (χ1) is 9.02. The topological polar surface area (TPSA) is 94.0 Å². The molecule has 0 amide bonds. The SMILES string of the molecule is CC(C)(CO)OCCNC(O)CCNC/C=C\CO. The van der Waals surface area contributed by atoms with E-state index in [1.807, 2.05) is 19.9 Å². The van der Waals surface area contributed by atoms with E-state index in [1.54, 1.807) is 6.08 Å². The fourth-order valence-electron chi connectivity index (χ4n) is 1.28. The molecule has 0 spiro atoms. The normalized spacial score (nSPS) is 14.2. The number of ether oxygens (including phenoxy) is 1. The highest BCUT2D eigenvalue weighted by Crippen LogP contribution is 2.06. The standard InChI is InChI=1S/C13H28N2O4/c1-13(2,11-17)19-10-8-15-12(18)5-7-14-6-3-4-9-16/h3-4,12,14-18H,5-11H2,1-2H3/b4-3-. The average molecular weight is 276 g/mol. The van der Waals surface area contributed by atoms with E-state index in [2.05, 4.69) is 10.6 Å². The summed E-state index contributed by atoms with van der Waals surface area (Å²) in [5, 5.41) is 33.2. The van der Waals surface area contributed by atoms with Crippen molar-refractivity contribution >= 4 is 0 Å². The molecule has 5 N–H and O–H groups in total. The molecule has 0 aliphatic carbocycles. The maximum Gasteiger partial charge on any atom is 0.106 e. The van der Waals surface area contributed by atoms with Crippen LogP contribution in [0, 0.1) is 0 Å². The van der Waals surface area contributed by atoms with Gasteiger partial charge in [-0.25, -0.2) is 0 Å². The van der Waals surface area contributed by atoms with Crippen LogP contribution in [0.25, 0.3) is 0 Å². The van der Waals surface area contributed by atoms with Crippen molar-refractivity contribution in [3.05, 3.63) is 12.2 Å². The number of hydrogen-bond donors (Lipinski definition) is 5. The summed E-state index contributed by atoms with van der Waals surface area (Å²) >= 11 is 0. The first kappa shape index (κ1) is 18.5. The summed E-state index contributed by atoms with van der Waals surface area (Å²) < 4.78 is 5.43. The third-order valence-electron chi connectivity index (χ3n) is 2.48. The smallest absolute Gasteiger partial charge is 0.106 e. The van der Waals surface area contributed by atoms with E-state index in [4.69, 9.17) is 14.9 Å². The molecule has 0 fully saturated rings. The summed E-state index contributed by atoms with van der Waals surface area (Å²) in [7, 11) is 0. The summed E-state index contributed by atoms with van der Waals surface area (Å²) in [4.78, 5) is 0. The molecular weight excluding hydrogens is 248 g/mol. The lowest BCUT2D eigenvalue weighted by molar-refractivity contribution is -0.0546. The predicted octanol–water partition coefficient (Wildman–Crippen LogP) is -0.790. The van der Waals surface area contributed by atoms with Crippen LogP contribution in [0.5, 0.6) is 0 Å². The average Bonchev–Trinajstić information content (AvgIpc) is 2.39. The first-order valence-electron chi connectivity index (χ1n) is 6.64. The molecule has 1 atom stereocenters. The number of rotatable bonds is 12. The van der Waals surface area contributed by atoms with Crippen LogP contribution in [0.4, 0.5) is 0 Å². The van der Waals surface area contributed by atoms with Gasteiger partial charge in [-0.05, 0) is 26.8 Å². The zero-order chi connectivity index (χ0) is 14.6. The Morgan fingerprint density at radius 2 is 1.95 bits per heavy atom. The third kappa shape index (κ3) is 12.3. The van der Waals surface area contributed by atoms with Crippen molar-refractivity contribution in [1.29, 1.82) is 0 Å². The van der Waals surface area contributed by atoms with Crippen LogP contribution in [0.1, 0.15) is 20.3 Å². The fourth-order valence-corrected chi connectivity index (χ4v) is 1.28. The number of aliphatic hydroxyl groups excluding tert-OH is 3. The van der Waals surface area contributed by atoms with Gasteiger partial charge in [0.2, 0.25) is 0 Å².